The van der Waals surface area contributed by atoms with Crippen LogP contribution >= 0.6 is 0 Å². The molecule has 1 aromatic carbocycles. The van der Waals surface area contributed by atoms with E-state index in [0.717, 1.165) is 0 Å². The van der Waals surface area contributed by atoms with Crippen LogP contribution in [0.2, 0.25) is 0 Å². The molecule has 82 valence electrons. The van der Waals surface area contributed by atoms with Gasteiger partial charge in [-0.2, -0.15) is 0 Å². The van der Waals surface area contributed by atoms with Crippen LogP contribution in [-0.2, 0) is 0 Å². The largest absolute Gasteiger partial charge is 0.393 e. The number of benzene rings is 1. The minimum atomic E-state index is -0.617. The van der Waals surface area contributed by atoms with Gasteiger partial charge in [0.1, 0.15) is 0 Å². The molecule has 0 heterocycles. The maximum Gasteiger partial charge on any atom is 0.189 e. The third-order valence-corrected chi connectivity index (χ3v) is 2.55. The summed E-state index contributed by atoms with van der Waals surface area (Å²) in [5, 5.41) is 9.25. The molecule has 2 rings (SSSR count). The summed E-state index contributed by atoms with van der Waals surface area (Å²) in [5.74, 6) is -0.318. The van der Waals surface area contributed by atoms with Gasteiger partial charge in [0.05, 0.1) is 6.10 Å². The number of Topliss-reactive ketones (excluding diaryl/α,β-unsaturated/α-hetero) is 1. The van der Waals surface area contributed by atoms with Gasteiger partial charge in [-0.15, -0.1) is 0 Å². The van der Waals surface area contributed by atoms with Crippen molar-refractivity contribution in [2.24, 2.45) is 0 Å². The number of hydrogen-bond donors (Lipinski definition) is 1. The second-order valence-electron chi connectivity index (χ2n) is 3.96. The summed E-state index contributed by atoms with van der Waals surface area (Å²) in [7, 11) is 0. The molecule has 0 fully saturated rings. The molecule has 1 N–H and O–H groups in total. The number of carbonyl (C=O) groups is 2. The lowest BCUT2D eigenvalue weighted by atomic mass is 9.87. The Labute approximate surface area is 93.4 Å². The van der Waals surface area contributed by atoms with Crippen LogP contribution in [0.4, 0.5) is 0 Å². The summed E-state index contributed by atoms with van der Waals surface area (Å²) >= 11 is 0. The van der Waals surface area contributed by atoms with Gasteiger partial charge in [0.15, 0.2) is 11.6 Å². The van der Waals surface area contributed by atoms with Crippen LogP contribution in [-0.4, -0.2) is 22.8 Å². The number of carbonyl (C=O) groups excluding carboxylic acids is 2. The minimum absolute atomic E-state index is 0.156. The van der Waals surface area contributed by atoms with Crippen molar-refractivity contribution in [2.75, 3.05) is 0 Å². The Morgan fingerprint density at radius 1 is 1.19 bits per heavy atom. The van der Waals surface area contributed by atoms with Crippen molar-refractivity contribution in [3.05, 3.63) is 47.0 Å². The molecule has 0 saturated heterocycles. The molecule has 0 spiro atoms. The van der Waals surface area contributed by atoms with Crippen LogP contribution in [0.5, 0.6) is 0 Å². The lowest BCUT2D eigenvalue weighted by Crippen LogP contribution is -2.19. The predicted molar refractivity (Wildman–Crippen MR) is 59.5 cm³/mol. The molecule has 0 saturated carbocycles. The first-order valence-electron chi connectivity index (χ1n) is 5.16. The summed E-state index contributed by atoms with van der Waals surface area (Å²) in [4.78, 5) is 23.7. The Balaban J connectivity index is 2.43. The zero-order valence-corrected chi connectivity index (χ0v) is 8.93. The average molecular weight is 216 g/mol. The second kappa shape index (κ2) is 4.02. The van der Waals surface area contributed by atoms with E-state index in [1.54, 1.807) is 31.2 Å². The van der Waals surface area contributed by atoms with E-state index in [1.165, 1.54) is 6.08 Å². The lowest BCUT2D eigenvalue weighted by molar-refractivity contribution is 0.0971. The Morgan fingerprint density at radius 3 is 2.44 bits per heavy atom. The molecule has 1 aliphatic carbocycles. The van der Waals surface area contributed by atoms with Crippen molar-refractivity contribution in [2.45, 2.75) is 19.4 Å². The van der Waals surface area contributed by atoms with Crippen LogP contribution in [0, 0.1) is 0 Å². The lowest BCUT2D eigenvalue weighted by Gasteiger charge is -2.15. The third kappa shape index (κ3) is 1.82. The molecule has 1 atom stereocenters. The van der Waals surface area contributed by atoms with E-state index < -0.39 is 6.10 Å². The smallest absolute Gasteiger partial charge is 0.189 e. The van der Waals surface area contributed by atoms with Crippen LogP contribution < -0.4 is 0 Å². The number of ketones is 2. The van der Waals surface area contributed by atoms with Crippen molar-refractivity contribution in [1.29, 1.82) is 0 Å². The van der Waals surface area contributed by atoms with E-state index in [4.69, 9.17) is 0 Å². The molecule has 1 aromatic rings. The first-order valence-corrected chi connectivity index (χ1v) is 5.16. The molecule has 0 aromatic heterocycles. The maximum absolute atomic E-state index is 12.0. The number of aliphatic hydroxyl groups excluding tert-OH is 1. The first kappa shape index (κ1) is 10.8. The number of fused-ring (bicyclic) bond motifs is 1. The van der Waals surface area contributed by atoms with Crippen LogP contribution in [0.25, 0.3) is 0 Å². The fourth-order valence-electron chi connectivity index (χ4n) is 1.84. The average Bonchev–Trinajstić information content (AvgIpc) is 2.25. The first-order chi connectivity index (χ1) is 7.59. The second-order valence-corrected chi connectivity index (χ2v) is 3.96. The zero-order chi connectivity index (χ0) is 11.7. The molecular weight excluding hydrogens is 204 g/mol. The molecule has 1 aliphatic rings. The molecule has 16 heavy (non-hydrogen) atoms. The number of allylic oxidation sites excluding steroid dienone is 1. The SMILES string of the molecule is CC(O)CC1=CC(=O)c2ccccc2C1=O. The minimum Gasteiger partial charge on any atom is -0.393 e. The van der Waals surface area contributed by atoms with E-state index >= 15 is 0 Å². The van der Waals surface area contributed by atoms with Gasteiger partial charge in [0, 0.05) is 23.1 Å². The molecule has 0 amide bonds. The normalized spacial score (nSPS) is 16.8. The van der Waals surface area contributed by atoms with Gasteiger partial charge < -0.3 is 5.11 Å². The molecular formula is C13H12O3. The molecule has 0 aliphatic heterocycles. The van der Waals surface area contributed by atoms with Crippen molar-refractivity contribution >= 4 is 11.6 Å². The molecule has 0 radical (unpaired) electrons. The molecule has 0 bridgehead atoms. The number of hydrogen-bond acceptors (Lipinski definition) is 3. The number of rotatable bonds is 2. The van der Waals surface area contributed by atoms with Crippen molar-refractivity contribution in [3.8, 4) is 0 Å². The maximum atomic E-state index is 12.0. The summed E-state index contributed by atoms with van der Waals surface area (Å²) in [5.41, 5.74) is 1.27. The topological polar surface area (TPSA) is 54.4 Å². The quantitative estimate of drug-likeness (QED) is 0.819. The van der Waals surface area contributed by atoms with Gasteiger partial charge in [-0.1, -0.05) is 24.3 Å². The highest BCUT2D eigenvalue weighted by Crippen LogP contribution is 2.23. The van der Waals surface area contributed by atoms with Crippen molar-refractivity contribution < 1.29 is 14.7 Å². The monoisotopic (exact) mass is 216 g/mol. The van der Waals surface area contributed by atoms with E-state index in [2.05, 4.69) is 0 Å². The van der Waals surface area contributed by atoms with Crippen molar-refractivity contribution in [3.63, 3.8) is 0 Å². The fourth-order valence-corrected chi connectivity index (χ4v) is 1.84. The van der Waals surface area contributed by atoms with E-state index in [0.29, 0.717) is 16.7 Å². The van der Waals surface area contributed by atoms with Crippen LogP contribution in [0.15, 0.2) is 35.9 Å². The molecule has 3 nitrogen and oxygen atoms in total. The summed E-state index contributed by atoms with van der Waals surface area (Å²) in [6.07, 6.45) is 0.935. The zero-order valence-electron chi connectivity index (χ0n) is 8.93. The third-order valence-electron chi connectivity index (χ3n) is 2.55. The van der Waals surface area contributed by atoms with E-state index in [1.807, 2.05) is 0 Å². The van der Waals surface area contributed by atoms with Crippen LogP contribution in [0.3, 0.4) is 0 Å². The highest BCUT2D eigenvalue weighted by molar-refractivity contribution is 6.24. The summed E-state index contributed by atoms with van der Waals surface area (Å²) in [6.45, 7) is 1.60. The van der Waals surface area contributed by atoms with Gasteiger partial charge >= 0.3 is 0 Å². The Morgan fingerprint density at radius 2 is 1.81 bits per heavy atom. The number of aliphatic hydroxyl groups is 1. The standard InChI is InChI=1S/C13H12O3/c1-8(14)6-9-7-12(15)10-4-2-3-5-11(10)13(9)16/h2-5,7-8,14H,6H2,1H3. The highest BCUT2D eigenvalue weighted by Gasteiger charge is 2.25. The van der Waals surface area contributed by atoms with Gasteiger partial charge in [0.25, 0.3) is 0 Å². The van der Waals surface area contributed by atoms with E-state index in [-0.39, 0.29) is 18.0 Å². The van der Waals surface area contributed by atoms with E-state index in [9.17, 15) is 14.7 Å². The van der Waals surface area contributed by atoms with Gasteiger partial charge in [-0.25, -0.2) is 0 Å². The summed E-state index contributed by atoms with van der Waals surface area (Å²) in [6, 6.07) is 6.75. The molecule has 1 unspecified atom stereocenters. The molecule has 3 heteroatoms. The van der Waals surface area contributed by atoms with Crippen molar-refractivity contribution in [1.82, 2.24) is 0 Å². The van der Waals surface area contributed by atoms with Crippen LogP contribution in [0.1, 0.15) is 34.1 Å². The predicted octanol–water partition coefficient (Wildman–Crippen LogP) is 1.76. The Hall–Kier alpha value is -1.74. The highest BCUT2D eigenvalue weighted by atomic mass is 16.3. The van der Waals surface area contributed by atoms with Gasteiger partial charge in [-0.3, -0.25) is 9.59 Å². The Bertz CT molecular complexity index is 484. The van der Waals surface area contributed by atoms with Gasteiger partial charge in [-0.05, 0) is 13.0 Å². The fraction of sp³-hybridized carbons (Fsp3) is 0.231. The Kier molecular flexibility index (Phi) is 2.71. The van der Waals surface area contributed by atoms with Gasteiger partial charge in [0.2, 0.25) is 0 Å². The summed E-state index contributed by atoms with van der Waals surface area (Å²) < 4.78 is 0.